The molecule has 1 aliphatic carbocycles. The van der Waals surface area contributed by atoms with E-state index in [1.54, 1.807) is 0 Å². The summed E-state index contributed by atoms with van der Waals surface area (Å²) in [5, 5.41) is 6.57. The molecule has 0 radical (unpaired) electrons. The molecule has 1 amide bonds. The standard InChI is InChI=1S/C17H24N2O.ClH/c1-12-3-5-14(6-4-12)13(2)19-16(20)15-11-17(15)7-9-18-10-8-17;/h3-6,13,15,18H,7-11H2,1-2H3,(H,19,20);1H. The van der Waals surface area contributed by atoms with Crippen molar-refractivity contribution in [2.75, 3.05) is 13.1 Å². The maximum Gasteiger partial charge on any atom is 0.224 e. The predicted octanol–water partition coefficient (Wildman–Crippen LogP) is 2.98. The summed E-state index contributed by atoms with van der Waals surface area (Å²) in [6, 6.07) is 8.51. The Kier molecular flexibility index (Phi) is 4.95. The molecule has 0 aromatic heterocycles. The van der Waals surface area contributed by atoms with Crippen LogP contribution < -0.4 is 10.6 Å². The molecule has 3 rings (SSSR count). The number of amides is 1. The fraction of sp³-hybridized carbons (Fsp3) is 0.588. The van der Waals surface area contributed by atoms with Crippen LogP contribution in [0.2, 0.25) is 0 Å². The van der Waals surface area contributed by atoms with Crippen molar-refractivity contribution < 1.29 is 4.79 Å². The Hall–Kier alpha value is -1.06. The van der Waals surface area contributed by atoms with Gasteiger partial charge in [-0.2, -0.15) is 0 Å². The van der Waals surface area contributed by atoms with E-state index in [0.29, 0.717) is 5.41 Å². The number of aryl methyl sites for hydroxylation is 1. The van der Waals surface area contributed by atoms with Gasteiger partial charge in [0.1, 0.15) is 0 Å². The van der Waals surface area contributed by atoms with E-state index < -0.39 is 0 Å². The van der Waals surface area contributed by atoms with Gasteiger partial charge in [0.15, 0.2) is 0 Å². The highest BCUT2D eigenvalue weighted by Crippen LogP contribution is 2.58. The molecule has 2 aliphatic rings. The number of hydrogen-bond acceptors (Lipinski definition) is 2. The van der Waals surface area contributed by atoms with Gasteiger partial charge in [-0.25, -0.2) is 0 Å². The molecule has 1 saturated carbocycles. The summed E-state index contributed by atoms with van der Waals surface area (Å²) in [7, 11) is 0. The van der Waals surface area contributed by atoms with Gasteiger partial charge in [0, 0.05) is 5.92 Å². The Balaban J connectivity index is 0.00000161. The molecule has 2 atom stereocenters. The quantitative estimate of drug-likeness (QED) is 0.901. The zero-order valence-corrected chi connectivity index (χ0v) is 13.6. The summed E-state index contributed by atoms with van der Waals surface area (Å²) in [6.07, 6.45) is 3.40. The van der Waals surface area contributed by atoms with Gasteiger partial charge in [0.2, 0.25) is 5.91 Å². The highest BCUT2D eigenvalue weighted by Gasteiger charge is 2.57. The number of rotatable bonds is 3. The van der Waals surface area contributed by atoms with Crippen molar-refractivity contribution in [3.63, 3.8) is 0 Å². The smallest absolute Gasteiger partial charge is 0.224 e. The molecule has 2 fully saturated rings. The molecule has 2 unspecified atom stereocenters. The van der Waals surface area contributed by atoms with Crippen LogP contribution in [0.3, 0.4) is 0 Å². The number of nitrogens with one attached hydrogen (secondary N) is 2. The van der Waals surface area contributed by atoms with Crippen molar-refractivity contribution >= 4 is 18.3 Å². The van der Waals surface area contributed by atoms with E-state index in [2.05, 4.69) is 48.7 Å². The lowest BCUT2D eigenvalue weighted by molar-refractivity contribution is -0.123. The summed E-state index contributed by atoms with van der Waals surface area (Å²) in [5.74, 6) is 0.498. The number of piperidine rings is 1. The zero-order chi connectivity index (χ0) is 14.2. The molecule has 1 aliphatic heterocycles. The Bertz CT molecular complexity index is 494. The monoisotopic (exact) mass is 308 g/mol. The van der Waals surface area contributed by atoms with Crippen LogP contribution in [0.5, 0.6) is 0 Å². The number of hydrogen-bond donors (Lipinski definition) is 2. The van der Waals surface area contributed by atoms with E-state index in [4.69, 9.17) is 0 Å². The third kappa shape index (κ3) is 3.41. The van der Waals surface area contributed by atoms with Crippen molar-refractivity contribution in [3.8, 4) is 0 Å². The Morgan fingerprint density at radius 3 is 2.52 bits per heavy atom. The summed E-state index contributed by atoms with van der Waals surface area (Å²) in [5.41, 5.74) is 2.76. The first kappa shape index (κ1) is 16.3. The number of benzene rings is 1. The Morgan fingerprint density at radius 2 is 1.90 bits per heavy atom. The van der Waals surface area contributed by atoms with Crippen molar-refractivity contribution in [2.45, 2.75) is 39.2 Å². The lowest BCUT2D eigenvalue weighted by Gasteiger charge is -2.23. The number of carbonyl (C=O) groups excluding carboxylic acids is 1. The zero-order valence-electron chi connectivity index (χ0n) is 12.8. The third-order valence-corrected chi connectivity index (χ3v) is 5.04. The average molecular weight is 309 g/mol. The number of halogens is 1. The molecule has 0 bridgehead atoms. The van der Waals surface area contributed by atoms with Gasteiger partial charge in [0.25, 0.3) is 0 Å². The van der Waals surface area contributed by atoms with Gasteiger partial charge in [-0.1, -0.05) is 29.8 Å². The van der Waals surface area contributed by atoms with Crippen LogP contribution in [0, 0.1) is 18.3 Å². The molecule has 21 heavy (non-hydrogen) atoms. The minimum absolute atomic E-state index is 0. The lowest BCUT2D eigenvalue weighted by Crippen LogP contribution is -2.34. The minimum Gasteiger partial charge on any atom is -0.349 e. The van der Waals surface area contributed by atoms with Gasteiger partial charge in [-0.05, 0) is 57.2 Å². The Morgan fingerprint density at radius 1 is 1.29 bits per heavy atom. The van der Waals surface area contributed by atoms with E-state index >= 15 is 0 Å². The molecule has 2 N–H and O–H groups in total. The second kappa shape index (κ2) is 6.37. The van der Waals surface area contributed by atoms with Crippen LogP contribution in [-0.4, -0.2) is 19.0 Å². The van der Waals surface area contributed by atoms with E-state index in [1.807, 2.05) is 0 Å². The molecule has 1 aromatic rings. The highest BCUT2D eigenvalue weighted by molar-refractivity contribution is 5.85. The summed E-state index contributed by atoms with van der Waals surface area (Å²) in [4.78, 5) is 12.4. The van der Waals surface area contributed by atoms with Gasteiger partial charge in [-0.3, -0.25) is 4.79 Å². The van der Waals surface area contributed by atoms with Crippen LogP contribution in [0.4, 0.5) is 0 Å². The maximum absolute atomic E-state index is 12.4. The molecule has 3 nitrogen and oxygen atoms in total. The van der Waals surface area contributed by atoms with Crippen molar-refractivity contribution in [2.24, 2.45) is 11.3 Å². The van der Waals surface area contributed by atoms with Gasteiger partial charge in [-0.15, -0.1) is 12.4 Å². The predicted molar refractivity (Wildman–Crippen MR) is 87.6 cm³/mol. The topological polar surface area (TPSA) is 41.1 Å². The van der Waals surface area contributed by atoms with Crippen LogP contribution in [0.25, 0.3) is 0 Å². The fourth-order valence-corrected chi connectivity index (χ4v) is 3.45. The highest BCUT2D eigenvalue weighted by atomic mass is 35.5. The minimum atomic E-state index is 0. The van der Waals surface area contributed by atoms with Crippen molar-refractivity contribution in [3.05, 3.63) is 35.4 Å². The largest absolute Gasteiger partial charge is 0.349 e. The first-order valence-corrected chi connectivity index (χ1v) is 7.68. The van der Waals surface area contributed by atoms with Crippen LogP contribution in [-0.2, 0) is 4.79 Å². The summed E-state index contributed by atoms with van der Waals surface area (Å²) < 4.78 is 0. The SMILES string of the molecule is Cc1ccc(C(C)NC(=O)C2CC23CCNCC3)cc1.Cl. The van der Waals surface area contributed by atoms with Crippen LogP contribution in [0.1, 0.15) is 43.4 Å². The van der Waals surface area contributed by atoms with Gasteiger partial charge >= 0.3 is 0 Å². The van der Waals surface area contributed by atoms with Gasteiger partial charge in [0.05, 0.1) is 6.04 Å². The molecule has 116 valence electrons. The molecule has 4 heteroatoms. The molecule has 1 aromatic carbocycles. The molecule has 1 saturated heterocycles. The van der Waals surface area contributed by atoms with Crippen LogP contribution in [0.15, 0.2) is 24.3 Å². The second-order valence-electron chi connectivity index (χ2n) is 6.51. The maximum atomic E-state index is 12.4. The first-order valence-electron chi connectivity index (χ1n) is 7.68. The second-order valence-corrected chi connectivity index (χ2v) is 6.51. The van der Waals surface area contributed by atoms with E-state index in [-0.39, 0.29) is 30.3 Å². The molecule has 1 heterocycles. The fourth-order valence-electron chi connectivity index (χ4n) is 3.45. The Labute approximate surface area is 133 Å². The lowest BCUT2D eigenvalue weighted by atomic mass is 9.91. The van der Waals surface area contributed by atoms with Gasteiger partial charge < -0.3 is 10.6 Å². The average Bonchev–Trinajstić information content (AvgIpc) is 3.14. The normalized spacial score (nSPS) is 24.0. The summed E-state index contributed by atoms with van der Waals surface area (Å²) in [6.45, 7) is 6.28. The van der Waals surface area contributed by atoms with E-state index in [9.17, 15) is 4.79 Å². The summed E-state index contributed by atoms with van der Waals surface area (Å²) >= 11 is 0. The van der Waals surface area contributed by atoms with Crippen LogP contribution >= 0.6 is 12.4 Å². The molecular weight excluding hydrogens is 284 g/mol. The van der Waals surface area contributed by atoms with Crippen molar-refractivity contribution in [1.29, 1.82) is 0 Å². The van der Waals surface area contributed by atoms with Crippen molar-refractivity contribution in [1.82, 2.24) is 10.6 Å². The molecular formula is C17H25ClN2O. The molecule has 1 spiro atoms. The van der Waals surface area contributed by atoms with E-state index in [0.717, 1.165) is 32.4 Å². The first-order chi connectivity index (χ1) is 9.61. The third-order valence-electron chi connectivity index (χ3n) is 5.04. The number of carbonyl (C=O) groups is 1. The van der Waals surface area contributed by atoms with E-state index in [1.165, 1.54) is 11.1 Å².